The predicted octanol–water partition coefficient (Wildman–Crippen LogP) is 3.24. The number of benzene rings is 2. The first kappa shape index (κ1) is 18.5. The predicted molar refractivity (Wildman–Crippen MR) is 109 cm³/mol. The van der Waals surface area contributed by atoms with E-state index in [0.29, 0.717) is 12.1 Å². The van der Waals surface area contributed by atoms with Gasteiger partial charge >= 0.3 is 0 Å². The molecule has 0 aliphatic carbocycles. The minimum absolute atomic E-state index is 0.0577. The molecule has 2 aromatic carbocycles. The fourth-order valence-corrected chi connectivity index (χ4v) is 3.43. The van der Waals surface area contributed by atoms with Gasteiger partial charge in [-0.05, 0) is 47.5 Å². The number of hydrogen-bond donors (Lipinski definition) is 1. The molecule has 5 nitrogen and oxygen atoms in total. The van der Waals surface area contributed by atoms with Crippen molar-refractivity contribution in [3.8, 4) is 5.69 Å². The number of nitrogens with one attached hydrogen (secondary N) is 1. The van der Waals surface area contributed by atoms with Gasteiger partial charge in [-0.1, -0.05) is 24.3 Å². The number of ether oxygens (including phenoxy) is 1. The van der Waals surface area contributed by atoms with Gasteiger partial charge in [0.2, 0.25) is 0 Å². The number of rotatable bonds is 6. The Bertz CT molecular complexity index is 898. The Balaban J connectivity index is 1.33. The molecule has 0 spiro atoms. The zero-order valence-corrected chi connectivity index (χ0v) is 15.9. The molecule has 1 aliphatic heterocycles. The zero-order valence-electron chi connectivity index (χ0n) is 15.9. The summed E-state index contributed by atoms with van der Waals surface area (Å²) in [5.74, 6) is -0.0577. The van der Waals surface area contributed by atoms with E-state index < -0.39 is 0 Å². The van der Waals surface area contributed by atoms with E-state index in [9.17, 15) is 4.79 Å². The minimum atomic E-state index is -0.0577. The van der Waals surface area contributed by atoms with Crippen molar-refractivity contribution in [1.82, 2.24) is 14.8 Å². The van der Waals surface area contributed by atoms with Gasteiger partial charge in [-0.15, -0.1) is 0 Å². The van der Waals surface area contributed by atoms with Gasteiger partial charge in [0.05, 0.1) is 13.2 Å². The van der Waals surface area contributed by atoms with Crippen LogP contribution < -0.4 is 5.32 Å². The molecule has 1 fully saturated rings. The molecule has 144 valence electrons. The van der Waals surface area contributed by atoms with E-state index in [-0.39, 0.29) is 5.91 Å². The Morgan fingerprint density at radius 1 is 0.929 bits per heavy atom. The van der Waals surface area contributed by atoms with Gasteiger partial charge in [0.15, 0.2) is 0 Å². The van der Waals surface area contributed by atoms with Crippen molar-refractivity contribution < 1.29 is 9.53 Å². The second kappa shape index (κ2) is 8.87. The summed E-state index contributed by atoms with van der Waals surface area (Å²) in [6.45, 7) is 5.00. The molecule has 0 radical (unpaired) electrons. The van der Waals surface area contributed by atoms with E-state index in [1.54, 1.807) is 0 Å². The van der Waals surface area contributed by atoms with Crippen molar-refractivity contribution >= 4 is 5.91 Å². The van der Waals surface area contributed by atoms with E-state index in [4.69, 9.17) is 4.74 Å². The van der Waals surface area contributed by atoms with Crippen LogP contribution in [0.15, 0.2) is 73.1 Å². The van der Waals surface area contributed by atoms with Crippen LogP contribution in [0.3, 0.4) is 0 Å². The number of aromatic nitrogens is 1. The summed E-state index contributed by atoms with van der Waals surface area (Å²) in [6, 6.07) is 20.0. The van der Waals surface area contributed by atoms with E-state index in [1.165, 1.54) is 5.56 Å². The first-order valence-electron chi connectivity index (χ1n) is 9.67. The lowest BCUT2D eigenvalue weighted by atomic mass is 10.1. The molecular formula is C23H25N3O2. The largest absolute Gasteiger partial charge is 0.379 e. The lowest BCUT2D eigenvalue weighted by molar-refractivity contribution is 0.0342. The highest BCUT2D eigenvalue weighted by molar-refractivity contribution is 5.94. The monoisotopic (exact) mass is 375 g/mol. The Morgan fingerprint density at radius 2 is 1.64 bits per heavy atom. The molecule has 4 rings (SSSR count). The number of carbonyl (C=O) groups is 1. The molecule has 1 aromatic heterocycles. The summed E-state index contributed by atoms with van der Waals surface area (Å²) >= 11 is 0. The highest BCUT2D eigenvalue weighted by Crippen LogP contribution is 2.12. The van der Waals surface area contributed by atoms with Crippen molar-refractivity contribution in [3.05, 3.63) is 89.7 Å². The zero-order chi connectivity index (χ0) is 19.2. The Hall–Kier alpha value is -2.89. The fourth-order valence-electron chi connectivity index (χ4n) is 3.43. The van der Waals surface area contributed by atoms with Crippen LogP contribution in [0.1, 0.15) is 21.5 Å². The third-order valence-electron chi connectivity index (χ3n) is 4.99. The van der Waals surface area contributed by atoms with Gasteiger partial charge in [0.25, 0.3) is 5.91 Å². The smallest absolute Gasteiger partial charge is 0.251 e. The van der Waals surface area contributed by atoms with Crippen molar-refractivity contribution in [2.75, 3.05) is 26.3 Å². The maximum absolute atomic E-state index is 12.5. The Kier molecular flexibility index (Phi) is 5.85. The molecule has 1 N–H and O–H groups in total. The maximum Gasteiger partial charge on any atom is 0.251 e. The second-order valence-corrected chi connectivity index (χ2v) is 7.03. The van der Waals surface area contributed by atoms with Gasteiger partial charge in [-0.2, -0.15) is 0 Å². The van der Waals surface area contributed by atoms with Gasteiger partial charge in [0, 0.05) is 49.8 Å². The normalized spacial score (nSPS) is 14.7. The quantitative estimate of drug-likeness (QED) is 0.719. The van der Waals surface area contributed by atoms with Gasteiger partial charge in [-0.25, -0.2) is 0 Å². The van der Waals surface area contributed by atoms with E-state index in [1.807, 2.05) is 53.4 Å². The highest BCUT2D eigenvalue weighted by atomic mass is 16.5. The van der Waals surface area contributed by atoms with E-state index in [2.05, 4.69) is 34.5 Å². The van der Waals surface area contributed by atoms with Crippen LogP contribution in [0.2, 0.25) is 0 Å². The molecule has 1 aliphatic rings. The fraction of sp³-hybridized carbons (Fsp3) is 0.261. The molecule has 2 heterocycles. The summed E-state index contributed by atoms with van der Waals surface area (Å²) in [4.78, 5) is 14.9. The molecule has 0 unspecified atom stereocenters. The highest BCUT2D eigenvalue weighted by Gasteiger charge is 2.11. The molecule has 5 heteroatoms. The van der Waals surface area contributed by atoms with Crippen LogP contribution in [0, 0.1) is 0 Å². The summed E-state index contributed by atoms with van der Waals surface area (Å²) in [5.41, 5.74) is 4.09. The summed E-state index contributed by atoms with van der Waals surface area (Å²) < 4.78 is 7.42. The summed E-state index contributed by atoms with van der Waals surface area (Å²) in [7, 11) is 0. The summed E-state index contributed by atoms with van der Waals surface area (Å²) in [6.07, 6.45) is 3.97. The lowest BCUT2D eigenvalue weighted by Gasteiger charge is -2.26. The standard InChI is InChI=1S/C23H25N3O2/c27-23(21-6-8-22(9-7-21)26-10-1-2-11-26)24-17-19-4-3-5-20(16-19)18-25-12-14-28-15-13-25/h1-11,16H,12-15,17-18H2,(H,24,27). The first-order chi connectivity index (χ1) is 13.8. The molecule has 1 amide bonds. The van der Waals surface area contributed by atoms with Gasteiger partial charge in [-0.3, -0.25) is 9.69 Å². The second-order valence-electron chi connectivity index (χ2n) is 7.03. The van der Waals surface area contributed by atoms with Crippen LogP contribution in [0.5, 0.6) is 0 Å². The third kappa shape index (κ3) is 4.68. The van der Waals surface area contributed by atoms with Crippen molar-refractivity contribution in [2.24, 2.45) is 0 Å². The number of hydrogen-bond acceptors (Lipinski definition) is 3. The van der Waals surface area contributed by atoms with Crippen LogP contribution in [0.25, 0.3) is 5.69 Å². The van der Waals surface area contributed by atoms with Crippen molar-refractivity contribution in [2.45, 2.75) is 13.1 Å². The van der Waals surface area contributed by atoms with Crippen molar-refractivity contribution in [3.63, 3.8) is 0 Å². The molecule has 3 aromatic rings. The van der Waals surface area contributed by atoms with Crippen LogP contribution in [-0.2, 0) is 17.8 Å². The molecule has 1 saturated heterocycles. The third-order valence-corrected chi connectivity index (χ3v) is 4.99. The van der Waals surface area contributed by atoms with Crippen LogP contribution in [-0.4, -0.2) is 41.7 Å². The first-order valence-corrected chi connectivity index (χ1v) is 9.67. The SMILES string of the molecule is O=C(NCc1cccc(CN2CCOCC2)c1)c1ccc(-n2cccc2)cc1. The molecule has 0 saturated carbocycles. The Labute approximate surface area is 165 Å². The van der Waals surface area contributed by atoms with E-state index >= 15 is 0 Å². The number of carbonyl (C=O) groups excluding carboxylic acids is 1. The van der Waals surface area contributed by atoms with Crippen LogP contribution in [0.4, 0.5) is 0 Å². The van der Waals surface area contributed by atoms with E-state index in [0.717, 1.165) is 44.1 Å². The number of amides is 1. The average Bonchev–Trinajstić information content (AvgIpc) is 3.28. The molecular weight excluding hydrogens is 350 g/mol. The van der Waals surface area contributed by atoms with Gasteiger partial charge in [0.1, 0.15) is 0 Å². The topological polar surface area (TPSA) is 46.5 Å². The molecule has 0 bridgehead atoms. The molecule has 28 heavy (non-hydrogen) atoms. The number of morpholine rings is 1. The minimum Gasteiger partial charge on any atom is -0.379 e. The van der Waals surface area contributed by atoms with Gasteiger partial charge < -0.3 is 14.6 Å². The lowest BCUT2D eigenvalue weighted by Crippen LogP contribution is -2.35. The summed E-state index contributed by atoms with van der Waals surface area (Å²) in [5, 5.41) is 3.02. The number of nitrogens with zero attached hydrogens (tertiary/aromatic N) is 2. The van der Waals surface area contributed by atoms with Crippen LogP contribution >= 0.6 is 0 Å². The maximum atomic E-state index is 12.5. The molecule has 0 atom stereocenters. The average molecular weight is 375 g/mol. The van der Waals surface area contributed by atoms with Crippen molar-refractivity contribution in [1.29, 1.82) is 0 Å². The Morgan fingerprint density at radius 3 is 2.39 bits per heavy atom.